The van der Waals surface area contributed by atoms with E-state index in [9.17, 15) is 4.79 Å². The van der Waals surface area contributed by atoms with Gasteiger partial charge in [0, 0.05) is 30.5 Å². The fourth-order valence-electron chi connectivity index (χ4n) is 2.16. The number of likely N-dealkylation sites (tertiary alicyclic amines) is 1. The SMILES string of the molecule is CCCCC(C)N1CC(CN=[N+]=[N-])CC1=O. The van der Waals surface area contributed by atoms with Crippen molar-refractivity contribution in [2.24, 2.45) is 11.0 Å². The quantitative estimate of drug-likeness (QED) is 0.388. The van der Waals surface area contributed by atoms with Crippen LogP contribution in [0.25, 0.3) is 10.4 Å². The lowest BCUT2D eigenvalue weighted by atomic mass is 10.1. The second-order valence-corrected chi connectivity index (χ2v) is 4.52. The van der Waals surface area contributed by atoms with E-state index in [-0.39, 0.29) is 11.8 Å². The fraction of sp³-hybridized carbons (Fsp3) is 0.909. The Bertz CT molecular complexity index is 286. The van der Waals surface area contributed by atoms with Gasteiger partial charge in [-0.05, 0) is 24.8 Å². The van der Waals surface area contributed by atoms with Crippen LogP contribution in [0.5, 0.6) is 0 Å². The van der Waals surface area contributed by atoms with E-state index in [4.69, 9.17) is 5.53 Å². The minimum absolute atomic E-state index is 0.210. The molecule has 16 heavy (non-hydrogen) atoms. The summed E-state index contributed by atoms with van der Waals surface area (Å²) in [6, 6.07) is 0.323. The summed E-state index contributed by atoms with van der Waals surface area (Å²) in [6.07, 6.45) is 3.92. The number of unbranched alkanes of at least 4 members (excludes halogenated alkanes) is 1. The standard InChI is InChI=1S/C11H20N4O/c1-3-4-5-9(2)15-8-10(6-11(15)16)7-13-14-12/h9-10H,3-8H2,1-2H3. The molecule has 0 saturated carbocycles. The molecule has 0 aliphatic carbocycles. The Hall–Kier alpha value is -1.22. The molecule has 90 valence electrons. The van der Waals surface area contributed by atoms with Crippen LogP contribution in [0.15, 0.2) is 5.11 Å². The van der Waals surface area contributed by atoms with Gasteiger partial charge in [-0.15, -0.1) is 0 Å². The lowest BCUT2D eigenvalue weighted by Crippen LogP contribution is -2.34. The molecule has 0 aromatic rings. The Balaban J connectivity index is 2.43. The number of hydrogen-bond acceptors (Lipinski definition) is 2. The number of carbonyl (C=O) groups is 1. The van der Waals surface area contributed by atoms with Crippen LogP contribution in [0.1, 0.15) is 39.5 Å². The molecule has 1 aliphatic heterocycles. The average Bonchev–Trinajstić information content (AvgIpc) is 2.64. The van der Waals surface area contributed by atoms with Crippen LogP contribution in [0.3, 0.4) is 0 Å². The fourth-order valence-corrected chi connectivity index (χ4v) is 2.16. The van der Waals surface area contributed by atoms with Crippen LogP contribution >= 0.6 is 0 Å². The summed E-state index contributed by atoms with van der Waals surface area (Å²) >= 11 is 0. The Morgan fingerprint density at radius 3 is 3.06 bits per heavy atom. The van der Waals surface area contributed by atoms with Crippen molar-refractivity contribution in [2.75, 3.05) is 13.1 Å². The molecule has 2 unspecified atom stereocenters. The summed E-state index contributed by atoms with van der Waals surface area (Å²) in [6.45, 7) is 5.45. The molecule has 0 aromatic heterocycles. The monoisotopic (exact) mass is 224 g/mol. The van der Waals surface area contributed by atoms with Crippen LogP contribution in [0.2, 0.25) is 0 Å². The van der Waals surface area contributed by atoms with Gasteiger partial charge in [0.2, 0.25) is 5.91 Å². The van der Waals surface area contributed by atoms with Gasteiger partial charge in [-0.1, -0.05) is 24.9 Å². The van der Waals surface area contributed by atoms with Crippen molar-refractivity contribution in [3.63, 3.8) is 0 Å². The Morgan fingerprint density at radius 2 is 2.44 bits per heavy atom. The zero-order valence-electron chi connectivity index (χ0n) is 10.1. The Morgan fingerprint density at radius 1 is 1.69 bits per heavy atom. The topological polar surface area (TPSA) is 69.1 Å². The molecule has 5 nitrogen and oxygen atoms in total. The van der Waals surface area contributed by atoms with Crippen molar-refractivity contribution in [3.05, 3.63) is 10.4 Å². The molecule has 0 radical (unpaired) electrons. The minimum Gasteiger partial charge on any atom is -0.340 e. The first-order valence-corrected chi connectivity index (χ1v) is 5.99. The third-order valence-corrected chi connectivity index (χ3v) is 3.15. The molecule has 1 fully saturated rings. The molecule has 1 rings (SSSR count). The molecule has 2 atom stereocenters. The normalized spacial score (nSPS) is 22.0. The van der Waals surface area contributed by atoms with Gasteiger partial charge in [0.25, 0.3) is 0 Å². The highest BCUT2D eigenvalue weighted by atomic mass is 16.2. The van der Waals surface area contributed by atoms with Gasteiger partial charge in [0.1, 0.15) is 0 Å². The second-order valence-electron chi connectivity index (χ2n) is 4.52. The third kappa shape index (κ3) is 3.42. The summed E-state index contributed by atoms with van der Waals surface area (Å²) in [5.74, 6) is 0.425. The number of nitrogens with zero attached hydrogens (tertiary/aromatic N) is 4. The van der Waals surface area contributed by atoms with Crippen molar-refractivity contribution in [2.45, 2.75) is 45.6 Å². The third-order valence-electron chi connectivity index (χ3n) is 3.15. The molecular weight excluding hydrogens is 204 g/mol. The zero-order valence-corrected chi connectivity index (χ0v) is 10.1. The molecule has 5 heteroatoms. The largest absolute Gasteiger partial charge is 0.340 e. The molecule has 1 amide bonds. The summed E-state index contributed by atoms with van der Waals surface area (Å²) < 4.78 is 0. The molecule has 0 spiro atoms. The highest BCUT2D eigenvalue weighted by molar-refractivity contribution is 5.79. The number of amides is 1. The van der Waals surface area contributed by atoms with E-state index in [1.807, 2.05) is 4.90 Å². The lowest BCUT2D eigenvalue weighted by molar-refractivity contribution is -0.129. The first kappa shape index (κ1) is 12.8. The first-order valence-electron chi connectivity index (χ1n) is 5.99. The van der Waals surface area contributed by atoms with Gasteiger partial charge < -0.3 is 4.90 Å². The van der Waals surface area contributed by atoms with Crippen molar-refractivity contribution in [1.29, 1.82) is 0 Å². The van der Waals surface area contributed by atoms with Crippen LogP contribution in [0, 0.1) is 5.92 Å². The van der Waals surface area contributed by atoms with E-state index in [2.05, 4.69) is 23.9 Å². The van der Waals surface area contributed by atoms with Crippen LogP contribution in [-0.2, 0) is 4.79 Å². The van der Waals surface area contributed by atoms with Crippen LogP contribution in [0.4, 0.5) is 0 Å². The summed E-state index contributed by atoms with van der Waals surface area (Å²) in [5.41, 5.74) is 8.24. The van der Waals surface area contributed by atoms with Gasteiger partial charge in [-0.25, -0.2) is 0 Å². The van der Waals surface area contributed by atoms with E-state index in [1.165, 1.54) is 0 Å². The van der Waals surface area contributed by atoms with Gasteiger partial charge in [0.15, 0.2) is 0 Å². The van der Waals surface area contributed by atoms with Crippen LogP contribution in [-0.4, -0.2) is 29.9 Å². The van der Waals surface area contributed by atoms with Crippen molar-refractivity contribution >= 4 is 5.91 Å². The average molecular weight is 224 g/mol. The van der Waals surface area contributed by atoms with Gasteiger partial charge in [0.05, 0.1) is 0 Å². The molecule has 1 saturated heterocycles. The molecule has 0 aromatic carbocycles. The van der Waals surface area contributed by atoms with Gasteiger partial charge in [-0.2, -0.15) is 0 Å². The summed E-state index contributed by atoms with van der Waals surface area (Å²) in [7, 11) is 0. The summed E-state index contributed by atoms with van der Waals surface area (Å²) in [4.78, 5) is 16.4. The molecule has 1 aliphatic rings. The Kier molecular flexibility index (Phi) is 5.12. The number of hydrogen-bond donors (Lipinski definition) is 0. The van der Waals surface area contributed by atoms with E-state index >= 15 is 0 Å². The van der Waals surface area contributed by atoms with Gasteiger partial charge in [-0.3, -0.25) is 4.79 Å². The molecule has 0 N–H and O–H groups in total. The maximum absolute atomic E-state index is 11.7. The highest BCUT2D eigenvalue weighted by Crippen LogP contribution is 2.22. The van der Waals surface area contributed by atoms with E-state index in [1.54, 1.807) is 0 Å². The molecule has 1 heterocycles. The lowest BCUT2D eigenvalue weighted by Gasteiger charge is -2.24. The minimum atomic E-state index is 0.210. The molecular formula is C11H20N4O. The van der Waals surface area contributed by atoms with Gasteiger partial charge >= 0.3 is 0 Å². The van der Waals surface area contributed by atoms with Crippen molar-refractivity contribution < 1.29 is 4.79 Å². The predicted octanol–water partition coefficient (Wildman–Crippen LogP) is 2.72. The zero-order chi connectivity index (χ0) is 12.0. The summed E-state index contributed by atoms with van der Waals surface area (Å²) in [5, 5.41) is 3.55. The van der Waals surface area contributed by atoms with E-state index < -0.39 is 0 Å². The Labute approximate surface area is 96.4 Å². The second kappa shape index (κ2) is 6.38. The maximum atomic E-state index is 11.7. The van der Waals surface area contributed by atoms with E-state index in [0.717, 1.165) is 25.8 Å². The van der Waals surface area contributed by atoms with Crippen LogP contribution < -0.4 is 0 Å². The smallest absolute Gasteiger partial charge is 0.223 e. The van der Waals surface area contributed by atoms with Crippen molar-refractivity contribution in [3.8, 4) is 0 Å². The predicted molar refractivity (Wildman–Crippen MR) is 62.8 cm³/mol. The van der Waals surface area contributed by atoms with Crippen molar-refractivity contribution in [1.82, 2.24) is 4.90 Å². The number of rotatable bonds is 6. The van der Waals surface area contributed by atoms with E-state index in [0.29, 0.717) is 19.0 Å². The molecule has 0 bridgehead atoms. The highest BCUT2D eigenvalue weighted by Gasteiger charge is 2.31. The maximum Gasteiger partial charge on any atom is 0.223 e. The number of carbonyl (C=O) groups excluding carboxylic acids is 1. The first-order chi connectivity index (χ1) is 7.69. The number of azide groups is 1.